The highest BCUT2D eigenvalue weighted by atomic mass is 32.2. The summed E-state index contributed by atoms with van der Waals surface area (Å²) in [6.07, 6.45) is 3.00. The lowest BCUT2D eigenvalue weighted by molar-refractivity contribution is 0.0596. The second-order valence-corrected chi connectivity index (χ2v) is 7.30. The first kappa shape index (κ1) is 18.8. The van der Waals surface area contributed by atoms with Gasteiger partial charge in [0, 0.05) is 17.6 Å². The fraction of sp³-hybridized carbons (Fsp3) is 0.188. The molecule has 1 aliphatic heterocycles. The zero-order chi connectivity index (χ0) is 19.6. The van der Waals surface area contributed by atoms with Crippen LogP contribution in [0.25, 0.3) is 0 Å². The Morgan fingerprint density at radius 1 is 1.15 bits per heavy atom. The van der Waals surface area contributed by atoms with Gasteiger partial charge in [-0.25, -0.2) is 33.3 Å². The van der Waals surface area contributed by atoms with Crippen molar-refractivity contribution in [1.82, 2.24) is 25.5 Å². The Bertz CT molecular complexity index is 987. The second kappa shape index (κ2) is 7.31. The number of ether oxygens (including phenoxy) is 1. The Hall–Kier alpha value is -3.02. The summed E-state index contributed by atoms with van der Waals surface area (Å²) < 4.78 is 30.0. The lowest BCUT2D eigenvalue weighted by Crippen LogP contribution is -2.49. The maximum absolute atomic E-state index is 12.7. The molecule has 27 heavy (non-hydrogen) atoms. The van der Waals surface area contributed by atoms with Gasteiger partial charge in [-0.2, -0.15) is 0 Å². The standard InChI is InChI=1S/C16H18N6O4S/c1-11-10-12(2)18-16(17-11)21-8-9-22(19-21)20-27(24,25)14-7-5-4-6-13(14)15(23)26-3/h4-10,19-20H,1-3H3. The van der Waals surface area contributed by atoms with Gasteiger partial charge in [-0.1, -0.05) is 12.1 Å². The summed E-state index contributed by atoms with van der Waals surface area (Å²) in [5.41, 5.74) is 4.26. The molecule has 0 spiro atoms. The SMILES string of the molecule is COC(=O)c1ccccc1S(=O)(=O)NN1C=CN(c2nc(C)cc(C)n2)N1. The van der Waals surface area contributed by atoms with E-state index in [2.05, 4.69) is 25.1 Å². The van der Waals surface area contributed by atoms with Crippen LogP contribution in [0, 0.1) is 13.8 Å². The second-order valence-electron chi connectivity index (χ2n) is 5.67. The third kappa shape index (κ3) is 4.05. The van der Waals surface area contributed by atoms with E-state index in [1.807, 2.05) is 19.9 Å². The molecule has 3 rings (SSSR count). The highest BCUT2D eigenvalue weighted by molar-refractivity contribution is 7.89. The fourth-order valence-corrected chi connectivity index (χ4v) is 3.61. The third-order valence-corrected chi connectivity index (χ3v) is 4.94. The number of hydrogen-bond donors (Lipinski definition) is 2. The average Bonchev–Trinajstić information content (AvgIpc) is 3.08. The number of aryl methyl sites for hydroxylation is 2. The number of esters is 1. The fourth-order valence-electron chi connectivity index (χ4n) is 2.45. The predicted molar refractivity (Wildman–Crippen MR) is 96.2 cm³/mol. The van der Waals surface area contributed by atoms with E-state index in [9.17, 15) is 13.2 Å². The first-order valence-electron chi connectivity index (χ1n) is 7.85. The first-order valence-corrected chi connectivity index (χ1v) is 9.33. The number of carbonyl (C=O) groups is 1. The molecule has 0 unspecified atom stereocenters. The van der Waals surface area contributed by atoms with Crippen molar-refractivity contribution < 1.29 is 17.9 Å². The van der Waals surface area contributed by atoms with Crippen molar-refractivity contribution in [3.05, 3.63) is 59.7 Å². The van der Waals surface area contributed by atoms with Crippen LogP contribution < -0.4 is 15.4 Å². The summed E-state index contributed by atoms with van der Waals surface area (Å²) in [6.45, 7) is 3.67. The minimum atomic E-state index is -4.06. The van der Waals surface area contributed by atoms with Crippen molar-refractivity contribution in [2.75, 3.05) is 12.1 Å². The highest BCUT2D eigenvalue weighted by Crippen LogP contribution is 2.18. The number of rotatable bonds is 5. The predicted octanol–water partition coefficient (Wildman–Crippen LogP) is 0.786. The number of hydrogen-bond acceptors (Lipinski definition) is 9. The topological polar surface area (TPSA) is 117 Å². The molecule has 0 saturated carbocycles. The lowest BCUT2D eigenvalue weighted by atomic mass is 10.2. The monoisotopic (exact) mass is 390 g/mol. The molecule has 2 N–H and O–H groups in total. The maximum Gasteiger partial charge on any atom is 0.339 e. The summed E-state index contributed by atoms with van der Waals surface area (Å²) in [6, 6.07) is 7.60. The number of aromatic nitrogens is 2. The van der Waals surface area contributed by atoms with Gasteiger partial charge in [0.1, 0.15) is 0 Å². The van der Waals surface area contributed by atoms with Crippen LogP contribution in [0.3, 0.4) is 0 Å². The molecule has 0 amide bonds. The van der Waals surface area contributed by atoms with Crippen molar-refractivity contribution in [3.8, 4) is 0 Å². The van der Waals surface area contributed by atoms with Gasteiger partial charge in [0.2, 0.25) is 5.95 Å². The summed E-state index contributed by atoms with van der Waals surface area (Å²) in [5, 5.41) is 2.57. The molecular weight excluding hydrogens is 372 g/mol. The number of hydrazine groups is 3. The van der Waals surface area contributed by atoms with E-state index < -0.39 is 16.0 Å². The van der Waals surface area contributed by atoms with Crippen LogP contribution in [0.1, 0.15) is 21.7 Å². The van der Waals surface area contributed by atoms with Crippen LogP contribution in [-0.2, 0) is 14.8 Å². The Balaban J connectivity index is 1.79. The molecule has 11 heteroatoms. The molecule has 1 aromatic carbocycles. The molecule has 0 atom stereocenters. The molecule has 1 aromatic heterocycles. The van der Waals surface area contributed by atoms with Crippen LogP contribution in [0.2, 0.25) is 0 Å². The molecule has 2 aromatic rings. The molecule has 10 nitrogen and oxygen atoms in total. The van der Waals surface area contributed by atoms with Crippen LogP contribution in [0.4, 0.5) is 5.95 Å². The van der Waals surface area contributed by atoms with Gasteiger partial charge in [-0.05, 0) is 32.0 Å². The number of sulfonamides is 1. The van der Waals surface area contributed by atoms with Gasteiger partial charge < -0.3 is 4.74 Å². The molecule has 2 heterocycles. The largest absolute Gasteiger partial charge is 0.465 e. The van der Waals surface area contributed by atoms with E-state index in [4.69, 9.17) is 0 Å². The van der Waals surface area contributed by atoms with Crippen LogP contribution in [-0.4, -0.2) is 36.6 Å². The summed E-state index contributed by atoms with van der Waals surface area (Å²) in [4.78, 5) is 22.5. The van der Waals surface area contributed by atoms with E-state index in [1.54, 1.807) is 12.3 Å². The molecular formula is C16H18N6O4S. The Kier molecular flexibility index (Phi) is 5.08. The van der Waals surface area contributed by atoms with Crippen molar-refractivity contribution in [3.63, 3.8) is 0 Å². The number of carbonyl (C=O) groups excluding carboxylic acids is 1. The number of nitrogens with zero attached hydrogens (tertiary/aromatic N) is 4. The average molecular weight is 390 g/mol. The molecule has 1 aliphatic rings. The minimum Gasteiger partial charge on any atom is -0.465 e. The molecule has 0 fully saturated rings. The highest BCUT2D eigenvalue weighted by Gasteiger charge is 2.26. The summed E-state index contributed by atoms with van der Waals surface area (Å²) in [7, 11) is -2.87. The van der Waals surface area contributed by atoms with E-state index in [0.29, 0.717) is 5.95 Å². The summed E-state index contributed by atoms with van der Waals surface area (Å²) >= 11 is 0. The van der Waals surface area contributed by atoms with Crippen LogP contribution in [0.15, 0.2) is 47.6 Å². The van der Waals surface area contributed by atoms with Gasteiger partial charge in [0.05, 0.1) is 23.8 Å². The number of anilines is 1. The molecule has 0 radical (unpaired) electrons. The molecule has 0 aliphatic carbocycles. The van der Waals surface area contributed by atoms with Crippen LogP contribution >= 0.6 is 0 Å². The van der Waals surface area contributed by atoms with Crippen LogP contribution in [0.5, 0.6) is 0 Å². The molecule has 142 valence electrons. The van der Waals surface area contributed by atoms with Gasteiger partial charge in [-0.15, -0.1) is 10.4 Å². The number of benzene rings is 1. The van der Waals surface area contributed by atoms with E-state index >= 15 is 0 Å². The van der Waals surface area contributed by atoms with Crippen molar-refractivity contribution in [2.24, 2.45) is 0 Å². The normalized spacial score (nSPS) is 13.9. The van der Waals surface area contributed by atoms with Gasteiger partial charge in [-0.3, -0.25) is 0 Å². The van der Waals surface area contributed by atoms with E-state index in [0.717, 1.165) is 16.5 Å². The summed E-state index contributed by atoms with van der Waals surface area (Å²) in [5.74, 6) is -0.383. The first-order chi connectivity index (χ1) is 12.8. The smallest absolute Gasteiger partial charge is 0.339 e. The lowest BCUT2D eigenvalue weighted by Gasteiger charge is -2.22. The number of methoxy groups -OCH3 is 1. The molecule has 0 saturated heterocycles. The minimum absolute atomic E-state index is 0.0647. The van der Waals surface area contributed by atoms with Gasteiger partial charge >= 0.3 is 5.97 Å². The Morgan fingerprint density at radius 3 is 2.48 bits per heavy atom. The zero-order valence-electron chi connectivity index (χ0n) is 14.9. The number of nitrogens with one attached hydrogen (secondary N) is 2. The Morgan fingerprint density at radius 2 is 1.81 bits per heavy atom. The zero-order valence-corrected chi connectivity index (χ0v) is 15.7. The van der Waals surface area contributed by atoms with Crippen molar-refractivity contribution in [2.45, 2.75) is 18.7 Å². The quantitative estimate of drug-likeness (QED) is 0.715. The Labute approximate surface area is 156 Å². The maximum atomic E-state index is 12.7. The van der Waals surface area contributed by atoms with Crippen molar-refractivity contribution >= 4 is 21.9 Å². The van der Waals surface area contributed by atoms with E-state index in [1.165, 1.54) is 36.5 Å². The van der Waals surface area contributed by atoms with Crippen molar-refractivity contribution in [1.29, 1.82) is 0 Å². The van der Waals surface area contributed by atoms with E-state index in [-0.39, 0.29) is 10.5 Å². The third-order valence-electron chi connectivity index (χ3n) is 3.57. The molecule has 0 bridgehead atoms. The van der Waals surface area contributed by atoms with Gasteiger partial charge in [0.15, 0.2) is 0 Å². The van der Waals surface area contributed by atoms with Gasteiger partial charge in [0.25, 0.3) is 10.0 Å².